The van der Waals surface area contributed by atoms with Crippen molar-refractivity contribution in [2.75, 3.05) is 0 Å². The Bertz CT molecular complexity index is 396. The second-order valence-electron chi connectivity index (χ2n) is 5.10. The number of hydrogen-bond acceptors (Lipinski definition) is 1. The van der Waals surface area contributed by atoms with Crippen molar-refractivity contribution in [3.63, 3.8) is 0 Å². The Hall–Kier alpha value is -0.690. The van der Waals surface area contributed by atoms with Gasteiger partial charge in [0.1, 0.15) is 0 Å². The van der Waals surface area contributed by atoms with E-state index in [0.29, 0.717) is 5.92 Å². The average Bonchev–Trinajstić information content (AvgIpc) is 2.42. The zero-order valence-corrected chi connectivity index (χ0v) is 12.4. The first-order valence-corrected chi connectivity index (χ1v) is 8.09. The van der Waals surface area contributed by atoms with Crippen molar-refractivity contribution < 1.29 is 0 Å². The highest BCUT2D eigenvalue weighted by molar-refractivity contribution is 8.03. The summed E-state index contributed by atoms with van der Waals surface area (Å²) in [7, 11) is 0. The first kappa shape index (κ1) is 13.7. The van der Waals surface area contributed by atoms with Gasteiger partial charge >= 0.3 is 0 Å². The van der Waals surface area contributed by atoms with Crippen LogP contribution in [-0.4, -0.2) is 0 Å². The fourth-order valence-corrected chi connectivity index (χ4v) is 3.41. The summed E-state index contributed by atoms with van der Waals surface area (Å²) in [6.45, 7) is 4.54. The number of unbranched alkanes of at least 4 members (excludes halogenated alkanes) is 2. The number of fused-ring (bicyclic) bond motifs is 1. The molecule has 0 bridgehead atoms. The van der Waals surface area contributed by atoms with Crippen molar-refractivity contribution in [3.8, 4) is 0 Å². The summed E-state index contributed by atoms with van der Waals surface area (Å²) < 4.78 is 0. The lowest BCUT2D eigenvalue weighted by molar-refractivity contribution is 0.667. The highest BCUT2D eigenvalue weighted by Gasteiger charge is 2.25. The molecule has 0 aromatic heterocycles. The van der Waals surface area contributed by atoms with Gasteiger partial charge in [-0.3, -0.25) is 0 Å². The van der Waals surface area contributed by atoms with Crippen molar-refractivity contribution >= 4 is 11.8 Å². The van der Waals surface area contributed by atoms with E-state index in [1.54, 1.807) is 17.3 Å². The van der Waals surface area contributed by atoms with E-state index in [9.17, 15) is 0 Å². The summed E-state index contributed by atoms with van der Waals surface area (Å²) in [5.74, 6) is 0.550. The molecule has 1 aliphatic heterocycles. The number of allylic oxidation sites excluding steroid dienone is 6. The fourth-order valence-electron chi connectivity index (χ4n) is 2.62. The van der Waals surface area contributed by atoms with Crippen LogP contribution in [0.3, 0.4) is 0 Å². The number of thioether (sulfide) groups is 1. The van der Waals surface area contributed by atoms with E-state index in [4.69, 9.17) is 0 Å². The normalized spacial score (nSPS) is 22.1. The van der Waals surface area contributed by atoms with Gasteiger partial charge in [-0.25, -0.2) is 0 Å². The van der Waals surface area contributed by atoms with Crippen molar-refractivity contribution in [3.05, 3.63) is 45.8 Å². The molecule has 1 atom stereocenters. The van der Waals surface area contributed by atoms with Gasteiger partial charge in [0.05, 0.1) is 0 Å². The lowest BCUT2D eigenvalue weighted by atomic mass is 9.79. The molecule has 97 valence electrons. The maximum absolute atomic E-state index is 3.54. The molecule has 0 fully saturated rings. The summed E-state index contributed by atoms with van der Waals surface area (Å²) in [6.07, 6.45) is 14.4. The standard InChI is InChI=1S/C17H23S/c1-3-5-8-14-10-7-11-16-13-18-12-15(17(14)16)9-6-4-2/h7,10-11,13,17H,3-6,8-9H2,1-2H3. The molecule has 1 aliphatic carbocycles. The molecule has 0 nitrogen and oxygen atoms in total. The third-order valence-electron chi connectivity index (χ3n) is 3.66. The number of rotatable bonds is 6. The Labute approximate surface area is 116 Å². The summed E-state index contributed by atoms with van der Waals surface area (Å²) in [5, 5.41) is 5.82. The molecule has 18 heavy (non-hydrogen) atoms. The summed E-state index contributed by atoms with van der Waals surface area (Å²) in [5.41, 5.74) is 4.61. The summed E-state index contributed by atoms with van der Waals surface area (Å²) in [4.78, 5) is 0. The smallest absolute Gasteiger partial charge is 0.0280 e. The molecule has 0 aromatic rings. The second kappa shape index (κ2) is 7.04. The first-order chi connectivity index (χ1) is 8.86. The quantitative estimate of drug-likeness (QED) is 0.581. The Morgan fingerprint density at radius 1 is 1.17 bits per heavy atom. The van der Waals surface area contributed by atoms with Gasteiger partial charge in [-0.2, -0.15) is 0 Å². The minimum Gasteiger partial charge on any atom is -0.0966 e. The summed E-state index contributed by atoms with van der Waals surface area (Å²) in [6, 6.07) is 0. The average molecular weight is 259 g/mol. The van der Waals surface area contributed by atoms with Crippen LogP contribution in [0.2, 0.25) is 0 Å². The van der Waals surface area contributed by atoms with Gasteiger partial charge in [0.25, 0.3) is 0 Å². The largest absolute Gasteiger partial charge is 0.0966 e. The SMILES string of the molecule is CCCCC1=[C]SC=C2C=CC=C(CCCC)C12. The highest BCUT2D eigenvalue weighted by atomic mass is 32.2. The van der Waals surface area contributed by atoms with Crippen LogP contribution in [0.4, 0.5) is 0 Å². The lowest BCUT2D eigenvalue weighted by Gasteiger charge is -2.29. The Morgan fingerprint density at radius 3 is 2.72 bits per heavy atom. The first-order valence-electron chi connectivity index (χ1n) is 7.21. The van der Waals surface area contributed by atoms with Crippen molar-refractivity contribution in [2.24, 2.45) is 5.92 Å². The molecule has 2 aliphatic rings. The molecule has 1 unspecified atom stereocenters. The van der Waals surface area contributed by atoms with Gasteiger partial charge in [0, 0.05) is 11.3 Å². The van der Waals surface area contributed by atoms with Crippen LogP contribution in [-0.2, 0) is 0 Å². The van der Waals surface area contributed by atoms with Gasteiger partial charge in [0.15, 0.2) is 0 Å². The molecule has 0 N–H and O–H groups in total. The van der Waals surface area contributed by atoms with E-state index < -0.39 is 0 Å². The van der Waals surface area contributed by atoms with Crippen LogP contribution in [0.1, 0.15) is 52.4 Å². The van der Waals surface area contributed by atoms with Gasteiger partial charge in [-0.1, -0.05) is 62.3 Å². The van der Waals surface area contributed by atoms with E-state index in [1.165, 1.54) is 49.7 Å². The van der Waals surface area contributed by atoms with Gasteiger partial charge in [-0.15, -0.1) is 0 Å². The van der Waals surface area contributed by atoms with Crippen molar-refractivity contribution in [1.82, 2.24) is 0 Å². The lowest BCUT2D eigenvalue weighted by Crippen LogP contribution is -2.14. The predicted molar refractivity (Wildman–Crippen MR) is 82.2 cm³/mol. The molecule has 1 radical (unpaired) electrons. The number of hydrogen-bond donors (Lipinski definition) is 0. The Morgan fingerprint density at radius 2 is 1.94 bits per heavy atom. The predicted octanol–water partition coefficient (Wildman–Crippen LogP) is 5.80. The zero-order chi connectivity index (χ0) is 12.8. The molecular formula is C17H23S. The molecule has 0 spiro atoms. The third-order valence-corrected chi connectivity index (χ3v) is 4.43. The van der Waals surface area contributed by atoms with Gasteiger partial charge < -0.3 is 0 Å². The highest BCUT2D eigenvalue weighted by Crippen LogP contribution is 2.41. The van der Waals surface area contributed by atoms with Crippen LogP contribution >= 0.6 is 11.8 Å². The van der Waals surface area contributed by atoms with Crippen LogP contribution in [0.15, 0.2) is 40.4 Å². The van der Waals surface area contributed by atoms with Gasteiger partial charge in [-0.05, 0) is 42.2 Å². The van der Waals surface area contributed by atoms with Gasteiger partial charge in [0.2, 0.25) is 0 Å². The Kier molecular flexibility index (Phi) is 5.37. The molecule has 0 saturated carbocycles. The second-order valence-corrected chi connectivity index (χ2v) is 5.78. The van der Waals surface area contributed by atoms with E-state index in [1.807, 2.05) is 0 Å². The maximum Gasteiger partial charge on any atom is 0.0280 e. The summed E-state index contributed by atoms with van der Waals surface area (Å²) >= 11 is 1.74. The van der Waals surface area contributed by atoms with Crippen LogP contribution in [0.25, 0.3) is 0 Å². The van der Waals surface area contributed by atoms with E-state index in [0.717, 1.165) is 0 Å². The van der Waals surface area contributed by atoms with E-state index >= 15 is 0 Å². The van der Waals surface area contributed by atoms with E-state index in [2.05, 4.69) is 42.9 Å². The van der Waals surface area contributed by atoms with Crippen molar-refractivity contribution in [1.29, 1.82) is 0 Å². The maximum atomic E-state index is 3.54. The van der Waals surface area contributed by atoms with Crippen LogP contribution in [0, 0.1) is 11.3 Å². The van der Waals surface area contributed by atoms with Crippen LogP contribution in [0.5, 0.6) is 0 Å². The minimum absolute atomic E-state index is 0.550. The minimum atomic E-state index is 0.550. The molecule has 2 rings (SSSR count). The monoisotopic (exact) mass is 259 g/mol. The van der Waals surface area contributed by atoms with Crippen molar-refractivity contribution in [2.45, 2.75) is 52.4 Å². The molecule has 1 heterocycles. The molecule has 0 aromatic carbocycles. The molecular weight excluding hydrogens is 236 g/mol. The Balaban J connectivity index is 2.13. The van der Waals surface area contributed by atoms with E-state index in [-0.39, 0.29) is 0 Å². The molecule has 0 amide bonds. The zero-order valence-electron chi connectivity index (χ0n) is 11.5. The fraction of sp³-hybridized carbons (Fsp3) is 0.529. The molecule has 0 saturated heterocycles. The third kappa shape index (κ3) is 3.20. The van der Waals surface area contributed by atoms with Crippen LogP contribution < -0.4 is 0 Å². The molecule has 1 heteroatoms. The topological polar surface area (TPSA) is 0 Å².